The van der Waals surface area contributed by atoms with Crippen LogP contribution in [0.3, 0.4) is 0 Å². The number of methoxy groups -OCH3 is 1. The Balaban J connectivity index is 1.67. The monoisotopic (exact) mass is 463 g/mol. The lowest BCUT2D eigenvalue weighted by Crippen LogP contribution is -2.23. The lowest BCUT2D eigenvalue weighted by Gasteiger charge is -2.27. The van der Waals surface area contributed by atoms with Crippen molar-refractivity contribution in [2.45, 2.75) is 44.1 Å². The quantitative estimate of drug-likeness (QED) is 0.474. The van der Waals surface area contributed by atoms with Crippen molar-refractivity contribution in [3.05, 3.63) is 63.8 Å². The molecule has 1 atom stereocenters. The number of para-hydroxylation sites is 1. The number of aromatic carboxylic acids is 1. The summed E-state index contributed by atoms with van der Waals surface area (Å²) < 4.78 is 12.1. The van der Waals surface area contributed by atoms with Crippen LogP contribution in [0.15, 0.2) is 48.5 Å². The zero-order valence-electron chi connectivity index (χ0n) is 18.3. The van der Waals surface area contributed by atoms with Crippen molar-refractivity contribution in [3.63, 3.8) is 0 Å². The van der Waals surface area contributed by atoms with Crippen LogP contribution in [0.4, 0.5) is 5.69 Å². The fraction of sp³-hybridized carbons (Fsp3) is 0.308. The summed E-state index contributed by atoms with van der Waals surface area (Å²) in [6.07, 6.45) is 4.60. The van der Waals surface area contributed by atoms with Gasteiger partial charge in [0.1, 0.15) is 4.88 Å². The van der Waals surface area contributed by atoms with Crippen molar-refractivity contribution in [3.8, 4) is 22.6 Å². The van der Waals surface area contributed by atoms with E-state index in [0.717, 1.165) is 41.7 Å². The number of rotatable bonds is 6. The normalized spacial score (nSPS) is 18.0. The van der Waals surface area contributed by atoms with Gasteiger partial charge in [0, 0.05) is 28.3 Å². The average molecular weight is 464 g/mol. The first-order chi connectivity index (χ1) is 16.1. The molecule has 0 saturated heterocycles. The number of carboxylic acids is 1. The number of carboxylic acid groups (broad SMARTS) is 1. The molecule has 0 radical (unpaired) electrons. The standard InChI is InChI=1S/C26H25NO5S/c1-31-19-13-7-12-17(23(19)32-16-10-5-6-11-16)18-14-20(28)27-22-21(15-8-3-2-4-9-15)25(26(29)30)33-24(18)22/h2-4,7-9,12-13,16,18H,5-6,10-11,14H2,1H3,(H,27,28)(H,29,30)/t18-/m0/s1. The van der Waals surface area contributed by atoms with Gasteiger partial charge in [0.25, 0.3) is 0 Å². The Morgan fingerprint density at radius 1 is 1.09 bits per heavy atom. The van der Waals surface area contributed by atoms with E-state index in [4.69, 9.17) is 9.47 Å². The van der Waals surface area contributed by atoms with Crippen LogP contribution in [0.2, 0.25) is 0 Å². The summed E-state index contributed by atoms with van der Waals surface area (Å²) >= 11 is 1.22. The molecule has 5 rings (SSSR count). The highest BCUT2D eigenvalue weighted by Crippen LogP contribution is 2.52. The van der Waals surface area contributed by atoms with E-state index < -0.39 is 5.97 Å². The van der Waals surface area contributed by atoms with Crippen molar-refractivity contribution in [1.82, 2.24) is 0 Å². The first-order valence-corrected chi connectivity index (χ1v) is 12.0. The van der Waals surface area contributed by atoms with E-state index >= 15 is 0 Å². The summed E-state index contributed by atoms with van der Waals surface area (Å²) in [5.74, 6) is -0.182. The highest BCUT2D eigenvalue weighted by Gasteiger charge is 2.36. The molecular weight excluding hydrogens is 438 g/mol. The molecule has 7 heteroatoms. The van der Waals surface area contributed by atoms with Gasteiger partial charge < -0.3 is 19.9 Å². The lowest BCUT2D eigenvalue weighted by molar-refractivity contribution is -0.116. The number of carbonyl (C=O) groups excluding carboxylic acids is 1. The Morgan fingerprint density at radius 3 is 2.55 bits per heavy atom. The Bertz CT molecular complexity index is 1200. The molecule has 1 fully saturated rings. The number of anilines is 1. The van der Waals surface area contributed by atoms with E-state index in [1.54, 1.807) is 7.11 Å². The predicted octanol–water partition coefficient (Wildman–Crippen LogP) is 5.92. The molecule has 2 heterocycles. The van der Waals surface area contributed by atoms with Crippen molar-refractivity contribution < 1.29 is 24.2 Å². The second kappa shape index (κ2) is 8.90. The van der Waals surface area contributed by atoms with Crippen molar-refractivity contribution in [2.24, 2.45) is 0 Å². The Kier molecular flexibility index (Phi) is 5.81. The molecule has 2 aliphatic rings. The molecule has 2 N–H and O–H groups in total. The predicted molar refractivity (Wildman–Crippen MR) is 128 cm³/mol. The van der Waals surface area contributed by atoms with Gasteiger partial charge >= 0.3 is 5.97 Å². The molecular formula is C26H25NO5S. The fourth-order valence-electron chi connectivity index (χ4n) is 4.84. The van der Waals surface area contributed by atoms with Crippen molar-refractivity contribution >= 4 is 28.9 Å². The summed E-state index contributed by atoms with van der Waals surface area (Å²) in [5, 5.41) is 12.9. The molecule has 2 aromatic carbocycles. The summed E-state index contributed by atoms with van der Waals surface area (Å²) in [4.78, 5) is 26.1. The van der Waals surface area contributed by atoms with Crippen LogP contribution in [0.1, 0.15) is 58.1 Å². The average Bonchev–Trinajstić information content (AvgIpc) is 3.47. The maximum Gasteiger partial charge on any atom is 0.346 e. The molecule has 0 spiro atoms. The van der Waals surface area contributed by atoms with Crippen LogP contribution < -0.4 is 14.8 Å². The highest BCUT2D eigenvalue weighted by atomic mass is 32.1. The highest BCUT2D eigenvalue weighted by molar-refractivity contribution is 7.15. The number of thiophene rings is 1. The SMILES string of the molecule is COc1cccc([C@@H]2CC(=O)Nc3c2sc(C(=O)O)c3-c2ccccc2)c1OC1CCCC1. The van der Waals surface area contributed by atoms with E-state index in [-0.39, 0.29) is 29.2 Å². The smallest absolute Gasteiger partial charge is 0.346 e. The van der Waals surface area contributed by atoms with Gasteiger partial charge in [-0.05, 0) is 37.3 Å². The van der Waals surface area contributed by atoms with Gasteiger partial charge in [-0.1, -0.05) is 42.5 Å². The van der Waals surface area contributed by atoms with Gasteiger partial charge in [0.05, 0.1) is 18.9 Å². The molecule has 0 unspecified atom stereocenters. The summed E-state index contributed by atoms with van der Waals surface area (Å²) in [6, 6.07) is 15.1. The third-order valence-electron chi connectivity index (χ3n) is 6.35. The minimum Gasteiger partial charge on any atom is -0.493 e. The van der Waals surface area contributed by atoms with E-state index in [1.165, 1.54) is 11.3 Å². The van der Waals surface area contributed by atoms with E-state index in [2.05, 4.69) is 5.32 Å². The van der Waals surface area contributed by atoms with Crippen LogP contribution in [0.5, 0.6) is 11.5 Å². The van der Waals surface area contributed by atoms with Crippen LogP contribution >= 0.6 is 11.3 Å². The molecule has 1 aromatic heterocycles. The van der Waals surface area contributed by atoms with Crippen molar-refractivity contribution in [1.29, 1.82) is 0 Å². The fourth-order valence-corrected chi connectivity index (χ4v) is 6.07. The zero-order valence-corrected chi connectivity index (χ0v) is 19.1. The molecule has 0 bridgehead atoms. The van der Waals surface area contributed by atoms with E-state index in [1.807, 2.05) is 48.5 Å². The minimum absolute atomic E-state index is 0.120. The van der Waals surface area contributed by atoms with Crippen LogP contribution in [0, 0.1) is 0 Å². The third kappa shape index (κ3) is 3.97. The second-order valence-corrected chi connectivity index (χ2v) is 9.48. The molecule has 3 aromatic rings. The molecule has 170 valence electrons. The summed E-state index contributed by atoms with van der Waals surface area (Å²) in [5.41, 5.74) is 2.76. The van der Waals surface area contributed by atoms with Gasteiger partial charge in [0.2, 0.25) is 5.91 Å². The molecule has 1 amide bonds. The maximum atomic E-state index is 12.9. The number of ether oxygens (including phenoxy) is 2. The van der Waals surface area contributed by atoms with E-state index in [9.17, 15) is 14.7 Å². The van der Waals surface area contributed by atoms with Crippen LogP contribution in [0.25, 0.3) is 11.1 Å². The summed E-state index contributed by atoms with van der Waals surface area (Å²) in [7, 11) is 1.61. The maximum absolute atomic E-state index is 12.9. The topological polar surface area (TPSA) is 84.9 Å². The second-order valence-electron chi connectivity index (χ2n) is 8.42. The number of amides is 1. The number of fused-ring (bicyclic) bond motifs is 1. The lowest BCUT2D eigenvalue weighted by atomic mass is 9.88. The zero-order chi connectivity index (χ0) is 22.9. The van der Waals surface area contributed by atoms with Gasteiger partial charge in [-0.2, -0.15) is 0 Å². The Morgan fingerprint density at radius 2 is 1.85 bits per heavy atom. The number of hydrogen-bond donors (Lipinski definition) is 2. The molecule has 33 heavy (non-hydrogen) atoms. The number of benzene rings is 2. The Hall–Kier alpha value is -3.32. The number of nitrogens with one attached hydrogen (secondary N) is 1. The molecule has 6 nitrogen and oxygen atoms in total. The molecule has 1 saturated carbocycles. The largest absolute Gasteiger partial charge is 0.493 e. The summed E-state index contributed by atoms with van der Waals surface area (Å²) in [6.45, 7) is 0. The van der Waals surface area contributed by atoms with Crippen molar-refractivity contribution in [2.75, 3.05) is 12.4 Å². The van der Waals surface area contributed by atoms with Gasteiger partial charge in [0.15, 0.2) is 11.5 Å². The first-order valence-electron chi connectivity index (χ1n) is 11.2. The first kappa shape index (κ1) is 21.5. The van der Waals surface area contributed by atoms with Gasteiger partial charge in [-0.3, -0.25) is 4.79 Å². The van der Waals surface area contributed by atoms with Crippen LogP contribution in [-0.2, 0) is 4.79 Å². The minimum atomic E-state index is -1.01. The molecule has 1 aliphatic carbocycles. The third-order valence-corrected chi connectivity index (χ3v) is 7.65. The number of hydrogen-bond acceptors (Lipinski definition) is 5. The van der Waals surface area contributed by atoms with Gasteiger partial charge in [-0.25, -0.2) is 4.79 Å². The van der Waals surface area contributed by atoms with Crippen LogP contribution in [-0.4, -0.2) is 30.2 Å². The Labute approximate surface area is 196 Å². The van der Waals surface area contributed by atoms with Gasteiger partial charge in [-0.15, -0.1) is 11.3 Å². The van der Waals surface area contributed by atoms with E-state index in [0.29, 0.717) is 22.7 Å². The number of carbonyl (C=O) groups is 2. The molecule has 1 aliphatic heterocycles.